The van der Waals surface area contributed by atoms with E-state index in [1.807, 2.05) is 19.9 Å². The average molecular weight is 323 g/mol. The molecule has 134 valence electrons. The van der Waals surface area contributed by atoms with Gasteiger partial charge in [-0.1, -0.05) is 78.0 Å². The van der Waals surface area contributed by atoms with Gasteiger partial charge in [-0.25, -0.2) is 0 Å². The first kappa shape index (κ1) is 26.3. The number of allylic oxidation sites excluding steroid dienone is 7. The molecule has 0 amide bonds. The van der Waals surface area contributed by atoms with Crippen LogP contribution in [0.25, 0.3) is 0 Å². The van der Waals surface area contributed by atoms with Crippen LogP contribution in [0.3, 0.4) is 0 Å². The Balaban J connectivity index is -0.000000710. The number of hydrogen-bond acceptors (Lipinski definition) is 1. The molecule has 23 heavy (non-hydrogen) atoms. The standard InChI is InChI=1S/C18H30.C2H6.CH2O2/c1-7-10-18(9-3)16(6)12-14-17(8-2)13-11-15(4)5;1-2;2-1-3/h7,10,12,14-15H,1,8-9,11,13H2,2-6H3;1-2H3;1H,(H,2,3)/b16-12+,17-14+,18-10+;;. The molecule has 0 aromatic rings. The fourth-order valence-electron chi connectivity index (χ4n) is 1.87. The van der Waals surface area contributed by atoms with Gasteiger partial charge in [-0.2, -0.15) is 0 Å². The predicted molar refractivity (Wildman–Crippen MR) is 105 cm³/mol. The summed E-state index contributed by atoms with van der Waals surface area (Å²) in [6.07, 6.45) is 13.3. The molecule has 0 aromatic carbocycles. The lowest BCUT2D eigenvalue weighted by Gasteiger charge is -2.07. The van der Waals surface area contributed by atoms with Gasteiger partial charge in [0.1, 0.15) is 0 Å². The van der Waals surface area contributed by atoms with Crippen molar-refractivity contribution in [1.82, 2.24) is 0 Å². The number of hydrogen-bond donors (Lipinski definition) is 1. The van der Waals surface area contributed by atoms with Gasteiger partial charge in [0.05, 0.1) is 0 Å². The smallest absolute Gasteiger partial charge is 0.290 e. The summed E-state index contributed by atoms with van der Waals surface area (Å²) in [6.45, 7) is 18.7. The molecular weight excluding hydrogens is 284 g/mol. The first-order valence-corrected chi connectivity index (χ1v) is 8.72. The summed E-state index contributed by atoms with van der Waals surface area (Å²) < 4.78 is 0. The normalized spacial score (nSPS) is 11.9. The summed E-state index contributed by atoms with van der Waals surface area (Å²) in [7, 11) is 0. The van der Waals surface area contributed by atoms with Crippen molar-refractivity contribution in [2.24, 2.45) is 5.92 Å². The van der Waals surface area contributed by atoms with E-state index in [1.165, 1.54) is 24.0 Å². The van der Waals surface area contributed by atoms with Crippen LogP contribution in [0.15, 0.2) is 47.6 Å². The second kappa shape index (κ2) is 20.4. The third kappa shape index (κ3) is 18.4. The molecule has 0 aliphatic heterocycles. The fraction of sp³-hybridized carbons (Fsp3) is 0.571. The maximum atomic E-state index is 8.36. The van der Waals surface area contributed by atoms with Crippen molar-refractivity contribution in [2.75, 3.05) is 0 Å². The van der Waals surface area contributed by atoms with Crippen LogP contribution in [0, 0.1) is 5.92 Å². The highest BCUT2D eigenvalue weighted by Gasteiger charge is 1.98. The highest BCUT2D eigenvalue weighted by molar-refractivity contribution is 5.34. The third-order valence-corrected chi connectivity index (χ3v) is 3.27. The Morgan fingerprint density at radius 1 is 1.09 bits per heavy atom. The quantitative estimate of drug-likeness (QED) is 0.387. The number of carbonyl (C=O) groups is 1. The van der Waals surface area contributed by atoms with Crippen molar-refractivity contribution in [3.8, 4) is 0 Å². The molecule has 0 atom stereocenters. The van der Waals surface area contributed by atoms with Gasteiger partial charge >= 0.3 is 0 Å². The molecule has 2 heteroatoms. The third-order valence-electron chi connectivity index (χ3n) is 3.27. The summed E-state index contributed by atoms with van der Waals surface area (Å²) in [5.74, 6) is 0.789. The van der Waals surface area contributed by atoms with E-state index in [-0.39, 0.29) is 6.47 Å². The molecule has 0 saturated carbocycles. The highest BCUT2D eigenvalue weighted by atomic mass is 16.3. The lowest BCUT2D eigenvalue weighted by molar-refractivity contribution is -0.122. The monoisotopic (exact) mass is 322 g/mol. The molecule has 0 radical (unpaired) electrons. The molecule has 0 bridgehead atoms. The molecule has 0 fully saturated rings. The molecule has 0 heterocycles. The molecule has 0 spiro atoms. The minimum absolute atomic E-state index is 0.250. The van der Waals surface area contributed by atoms with Crippen molar-refractivity contribution in [3.05, 3.63) is 47.6 Å². The van der Waals surface area contributed by atoms with Crippen LogP contribution in [-0.2, 0) is 4.79 Å². The van der Waals surface area contributed by atoms with Crippen molar-refractivity contribution in [1.29, 1.82) is 0 Å². The van der Waals surface area contributed by atoms with Gasteiger partial charge in [0, 0.05) is 0 Å². The SMILES string of the molecule is C=C/C=C(CC)/C(C)=C/C=C(\CC)CCC(C)C.CC.O=CO. The zero-order valence-corrected chi connectivity index (χ0v) is 16.4. The van der Waals surface area contributed by atoms with E-state index >= 15 is 0 Å². The molecule has 0 aliphatic carbocycles. The average Bonchev–Trinajstić information content (AvgIpc) is 2.54. The van der Waals surface area contributed by atoms with Crippen molar-refractivity contribution in [3.63, 3.8) is 0 Å². The zero-order valence-electron chi connectivity index (χ0n) is 16.4. The second-order valence-electron chi connectivity index (χ2n) is 5.35. The maximum absolute atomic E-state index is 8.36. The fourth-order valence-corrected chi connectivity index (χ4v) is 1.87. The van der Waals surface area contributed by atoms with Crippen molar-refractivity contribution < 1.29 is 9.90 Å². The molecule has 1 N–H and O–H groups in total. The summed E-state index contributed by atoms with van der Waals surface area (Å²) in [5, 5.41) is 6.89. The van der Waals surface area contributed by atoms with Gasteiger partial charge in [-0.05, 0) is 49.7 Å². The summed E-state index contributed by atoms with van der Waals surface area (Å²) in [4.78, 5) is 8.36. The van der Waals surface area contributed by atoms with Gasteiger partial charge in [0.25, 0.3) is 6.47 Å². The van der Waals surface area contributed by atoms with Gasteiger partial charge in [-0.3, -0.25) is 4.79 Å². The van der Waals surface area contributed by atoms with E-state index < -0.39 is 0 Å². The van der Waals surface area contributed by atoms with Crippen LogP contribution in [0.1, 0.15) is 74.1 Å². The Bertz CT molecular complexity index is 371. The Hall–Kier alpha value is -1.57. The van der Waals surface area contributed by atoms with E-state index in [4.69, 9.17) is 9.90 Å². The van der Waals surface area contributed by atoms with Crippen molar-refractivity contribution >= 4 is 6.47 Å². The van der Waals surface area contributed by atoms with Crippen LogP contribution in [-0.4, -0.2) is 11.6 Å². The van der Waals surface area contributed by atoms with Gasteiger partial charge in [-0.15, -0.1) is 0 Å². The van der Waals surface area contributed by atoms with Gasteiger partial charge in [0.15, 0.2) is 0 Å². The zero-order chi connectivity index (χ0) is 18.7. The molecular formula is C21H38O2. The van der Waals surface area contributed by atoms with E-state index in [9.17, 15) is 0 Å². The van der Waals surface area contributed by atoms with Crippen LogP contribution in [0.5, 0.6) is 0 Å². The number of rotatable bonds is 8. The topological polar surface area (TPSA) is 37.3 Å². The largest absolute Gasteiger partial charge is 0.483 e. The molecule has 0 aliphatic rings. The van der Waals surface area contributed by atoms with Gasteiger partial charge < -0.3 is 5.11 Å². The Morgan fingerprint density at radius 3 is 1.96 bits per heavy atom. The van der Waals surface area contributed by atoms with E-state index in [1.54, 1.807) is 5.57 Å². The Labute approximate surface area is 144 Å². The lowest BCUT2D eigenvalue weighted by atomic mass is 9.99. The lowest BCUT2D eigenvalue weighted by Crippen LogP contribution is -1.90. The summed E-state index contributed by atoms with van der Waals surface area (Å²) >= 11 is 0. The minimum Gasteiger partial charge on any atom is -0.483 e. The molecule has 0 unspecified atom stereocenters. The molecule has 0 rings (SSSR count). The van der Waals surface area contributed by atoms with Crippen LogP contribution in [0.2, 0.25) is 0 Å². The van der Waals surface area contributed by atoms with E-state index in [0.717, 1.165) is 18.8 Å². The summed E-state index contributed by atoms with van der Waals surface area (Å²) in [5.41, 5.74) is 4.28. The van der Waals surface area contributed by atoms with Crippen LogP contribution in [0.4, 0.5) is 0 Å². The molecule has 0 aromatic heterocycles. The minimum atomic E-state index is -0.250. The van der Waals surface area contributed by atoms with E-state index in [2.05, 4.69) is 59.4 Å². The van der Waals surface area contributed by atoms with Crippen LogP contribution >= 0.6 is 0 Å². The second-order valence-corrected chi connectivity index (χ2v) is 5.35. The first-order chi connectivity index (χ1) is 11.0. The molecule has 0 saturated heterocycles. The van der Waals surface area contributed by atoms with E-state index in [0.29, 0.717) is 0 Å². The van der Waals surface area contributed by atoms with Crippen LogP contribution < -0.4 is 0 Å². The number of carboxylic acid groups (broad SMARTS) is 1. The molecule has 2 nitrogen and oxygen atoms in total. The highest BCUT2D eigenvalue weighted by Crippen LogP contribution is 2.17. The summed E-state index contributed by atoms with van der Waals surface area (Å²) in [6, 6.07) is 0. The van der Waals surface area contributed by atoms with Gasteiger partial charge in [0.2, 0.25) is 0 Å². The Kier molecular flexibility index (Phi) is 23.4. The maximum Gasteiger partial charge on any atom is 0.290 e. The first-order valence-electron chi connectivity index (χ1n) is 8.72. The predicted octanol–water partition coefficient (Wildman–Crippen LogP) is 6.95. The van der Waals surface area contributed by atoms with Crippen molar-refractivity contribution in [2.45, 2.75) is 74.1 Å². The Morgan fingerprint density at radius 2 is 1.61 bits per heavy atom.